The summed E-state index contributed by atoms with van der Waals surface area (Å²) in [6, 6.07) is 3.77. The van der Waals surface area contributed by atoms with Gasteiger partial charge in [0.1, 0.15) is 5.82 Å². The molecule has 0 bridgehead atoms. The lowest BCUT2D eigenvalue weighted by Crippen LogP contribution is -1.95. The maximum atomic E-state index is 5.55. The Morgan fingerprint density at radius 1 is 1.40 bits per heavy atom. The summed E-state index contributed by atoms with van der Waals surface area (Å²) in [6.45, 7) is 0. The highest BCUT2D eigenvalue weighted by molar-refractivity contribution is 7.98. The van der Waals surface area contributed by atoms with Crippen molar-refractivity contribution >= 4 is 17.4 Å². The summed E-state index contributed by atoms with van der Waals surface area (Å²) < 4.78 is 2.00. The van der Waals surface area contributed by atoms with Crippen LogP contribution in [0.2, 0.25) is 0 Å². The minimum Gasteiger partial charge on any atom is -0.397 e. The van der Waals surface area contributed by atoms with Crippen molar-refractivity contribution in [3.8, 4) is 0 Å². The van der Waals surface area contributed by atoms with Gasteiger partial charge in [-0.25, -0.2) is 9.97 Å². The van der Waals surface area contributed by atoms with E-state index in [-0.39, 0.29) is 0 Å². The molecular weight excluding hydrogens is 208 g/mol. The van der Waals surface area contributed by atoms with Crippen molar-refractivity contribution in [2.24, 2.45) is 7.05 Å². The number of rotatable bonds is 3. The molecule has 0 aliphatic carbocycles. The lowest BCUT2D eigenvalue weighted by Gasteiger charge is -2.01. The molecule has 0 saturated carbocycles. The van der Waals surface area contributed by atoms with E-state index in [2.05, 4.69) is 9.97 Å². The van der Waals surface area contributed by atoms with Crippen molar-refractivity contribution in [3.05, 3.63) is 36.5 Å². The number of aromatic nitrogens is 3. The van der Waals surface area contributed by atoms with E-state index in [1.54, 1.807) is 24.2 Å². The number of anilines is 1. The summed E-state index contributed by atoms with van der Waals surface area (Å²) in [6.07, 6.45) is 5.40. The normalized spacial score (nSPS) is 10.5. The van der Waals surface area contributed by atoms with Crippen LogP contribution in [0.25, 0.3) is 0 Å². The summed E-state index contributed by atoms with van der Waals surface area (Å²) in [4.78, 5) is 8.45. The predicted octanol–water partition coefficient (Wildman–Crippen LogP) is 1.69. The van der Waals surface area contributed by atoms with Crippen molar-refractivity contribution in [3.63, 3.8) is 0 Å². The van der Waals surface area contributed by atoms with Gasteiger partial charge >= 0.3 is 0 Å². The fourth-order valence-corrected chi connectivity index (χ4v) is 2.00. The lowest BCUT2D eigenvalue weighted by atomic mass is 10.4. The zero-order chi connectivity index (χ0) is 10.7. The van der Waals surface area contributed by atoms with Gasteiger partial charge < -0.3 is 10.3 Å². The van der Waals surface area contributed by atoms with Gasteiger partial charge in [0.05, 0.1) is 22.7 Å². The first-order valence-electron chi connectivity index (χ1n) is 4.56. The van der Waals surface area contributed by atoms with Crippen LogP contribution in [0.3, 0.4) is 0 Å². The molecule has 2 rings (SSSR count). The maximum Gasteiger partial charge on any atom is 0.118 e. The average molecular weight is 220 g/mol. The third-order valence-electron chi connectivity index (χ3n) is 2.03. The molecule has 2 aromatic heterocycles. The molecule has 5 heteroatoms. The number of aryl methyl sites for hydroxylation is 1. The van der Waals surface area contributed by atoms with Crippen LogP contribution in [-0.2, 0) is 12.8 Å². The fraction of sp³-hybridized carbons (Fsp3) is 0.200. The highest BCUT2D eigenvalue weighted by Crippen LogP contribution is 2.19. The second kappa shape index (κ2) is 4.35. The summed E-state index contributed by atoms with van der Waals surface area (Å²) in [5.74, 6) is 1.86. The highest BCUT2D eigenvalue weighted by Gasteiger charge is 2.01. The molecule has 2 N–H and O–H groups in total. The summed E-state index contributed by atoms with van der Waals surface area (Å²) in [5, 5.41) is 0.965. The SMILES string of the molecule is Cn1ccnc1CSc1ccc(N)cn1. The number of hydrogen-bond acceptors (Lipinski definition) is 4. The smallest absolute Gasteiger partial charge is 0.118 e. The molecular formula is C10H12N4S. The van der Waals surface area contributed by atoms with Crippen LogP contribution in [-0.4, -0.2) is 14.5 Å². The quantitative estimate of drug-likeness (QED) is 0.800. The molecule has 0 saturated heterocycles. The third kappa shape index (κ3) is 2.50. The van der Waals surface area contributed by atoms with Gasteiger partial charge in [0.2, 0.25) is 0 Å². The molecule has 78 valence electrons. The minimum atomic E-state index is 0.691. The van der Waals surface area contributed by atoms with E-state index in [0.717, 1.165) is 16.6 Å². The number of thioether (sulfide) groups is 1. The van der Waals surface area contributed by atoms with Crippen LogP contribution in [0, 0.1) is 0 Å². The monoisotopic (exact) mass is 220 g/mol. The molecule has 0 unspecified atom stereocenters. The number of nitrogen functional groups attached to an aromatic ring is 1. The Bertz CT molecular complexity index is 435. The van der Waals surface area contributed by atoms with E-state index in [1.165, 1.54) is 0 Å². The molecule has 0 amide bonds. The van der Waals surface area contributed by atoms with Crippen molar-refractivity contribution < 1.29 is 0 Å². The second-order valence-corrected chi connectivity index (χ2v) is 4.17. The van der Waals surface area contributed by atoms with Crippen LogP contribution in [0.5, 0.6) is 0 Å². The first-order valence-corrected chi connectivity index (χ1v) is 5.55. The third-order valence-corrected chi connectivity index (χ3v) is 2.97. The van der Waals surface area contributed by atoms with Crippen molar-refractivity contribution in [1.29, 1.82) is 0 Å². The average Bonchev–Trinajstić information content (AvgIpc) is 2.63. The molecule has 0 atom stereocenters. The molecule has 0 aromatic carbocycles. The fourth-order valence-electron chi connectivity index (χ4n) is 1.15. The Labute approximate surface area is 92.5 Å². The molecule has 0 radical (unpaired) electrons. The van der Waals surface area contributed by atoms with Gasteiger partial charge in [-0.1, -0.05) is 11.8 Å². The van der Waals surface area contributed by atoms with E-state index >= 15 is 0 Å². The van der Waals surface area contributed by atoms with Gasteiger partial charge in [-0.3, -0.25) is 0 Å². The maximum absolute atomic E-state index is 5.55. The van der Waals surface area contributed by atoms with Crippen molar-refractivity contribution in [2.45, 2.75) is 10.8 Å². The largest absolute Gasteiger partial charge is 0.397 e. The molecule has 0 aliphatic rings. The van der Waals surface area contributed by atoms with Crippen LogP contribution in [0.1, 0.15) is 5.82 Å². The van der Waals surface area contributed by atoms with E-state index in [1.807, 2.05) is 29.9 Å². The molecule has 2 aromatic rings. The molecule has 15 heavy (non-hydrogen) atoms. The predicted molar refractivity (Wildman–Crippen MR) is 61.4 cm³/mol. The molecule has 2 heterocycles. The standard InChI is InChI=1S/C10H12N4S/c1-14-5-4-12-9(14)7-15-10-3-2-8(11)6-13-10/h2-6H,7,11H2,1H3. The van der Waals surface area contributed by atoms with Crippen molar-refractivity contribution in [1.82, 2.24) is 14.5 Å². The van der Waals surface area contributed by atoms with Gasteiger partial charge in [-0.05, 0) is 12.1 Å². The van der Waals surface area contributed by atoms with Crippen LogP contribution >= 0.6 is 11.8 Å². The molecule has 4 nitrogen and oxygen atoms in total. The number of nitrogens with zero attached hydrogens (tertiary/aromatic N) is 3. The van der Waals surface area contributed by atoms with Crippen LogP contribution in [0.4, 0.5) is 5.69 Å². The molecule has 0 spiro atoms. The lowest BCUT2D eigenvalue weighted by molar-refractivity contribution is 0.848. The second-order valence-electron chi connectivity index (χ2n) is 3.17. The zero-order valence-corrected chi connectivity index (χ0v) is 9.24. The molecule has 0 aliphatic heterocycles. The Balaban J connectivity index is 1.99. The van der Waals surface area contributed by atoms with Gasteiger partial charge in [-0.2, -0.15) is 0 Å². The van der Waals surface area contributed by atoms with Crippen LogP contribution < -0.4 is 5.73 Å². The van der Waals surface area contributed by atoms with E-state index in [0.29, 0.717) is 5.69 Å². The first kappa shape index (κ1) is 10.0. The number of hydrogen-bond donors (Lipinski definition) is 1. The van der Waals surface area contributed by atoms with Crippen LogP contribution in [0.15, 0.2) is 35.7 Å². The highest BCUT2D eigenvalue weighted by atomic mass is 32.2. The Hall–Kier alpha value is -1.49. The summed E-state index contributed by atoms with van der Waals surface area (Å²) >= 11 is 1.65. The minimum absolute atomic E-state index is 0.691. The van der Waals surface area contributed by atoms with Gasteiger partial charge in [0, 0.05) is 19.4 Å². The van der Waals surface area contributed by atoms with Gasteiger partial charge in [0.25, 0.3) is 0 Å². The summed E-state index contributed by atoms with van der Waals surface area (Å²) in [5.41, 5.74) is 6.24. The summed E-state index contributed by atoms with van der Waals surface area (Å²) in [7, 11) is 1.99. The molecule has 0 fully saturated rings. The van der Waals surface area contributed by atoms with E-state index in [4.69, 9.17) is 5.73 Å². The Morgan fingerprint density at radius 3 is 2.87 bits per heavy atom. The number of imidazole rings is 1. The Kier molecular flexibility index (Phi) is 2.91. The topological polar surface area (TPSA) is 56.7 Å². The van der Waals surface area contributed by atoms with Gasteiger partial charge in [0.15, 0.2) is 0 Å². The van der Waals surface area contributed by atoms with E-state index in [9.17, 15) is 0 Å². The zero-order valence-electron chi connectivity index (χ0n) is 8.42. The number of nitrogens with two attached hydrogens (primary N) is 1. The Morgan fingerprint density at radius 2 is 2.27 bits per heavy atom. The van der Waals surface area contributed by atoms with Gasteiger partial charge in [-0.15, -0.1) is 0 Å². The first-order chi connectivity index (χ1) is 7.25. The number of pyridine rings is 1. The van der Waals surface area contributed by atoms with E-state index < -0.39 is 0 Å². The van der Waals surface area contributed by atoms with Crippen molar-refractivity contribution in [2.75, 3.05) is 5.73 Å².